The second-order valence-corrected chi connectivity index (χ2v) is 8.78. The molecule has 7 nitrogen and oxygen atoms in total. The van der Waals surface area contributed by atoms with Crippen LogP contribution in [0.15, 0.2) is 36.7 Å². The van der Waals surface area contributed by atoms with Crippen molar-refractivity contribution in [1.29, 1.82) is 0 Å². The molecule has 3 N–H and O–H groups in total. The van der Waals surface area contributed by atoms with Gasteiger partial charge in [-0.2, -0.15) is 0 Å². The van der Waals surface area contributed by atoms with Gasteiger partial charge in [0.15, 0.2) is 11.5 Å². The Kier molecular flexibility index (Phi) is 5.54. The van der Waals surface area contributed by atoms with E-state index >= 15 is 0 Å². The number of piperidine rings is 1. The van der Waals surface area contributed by atoms with E-state index in [0.717, 1.165) is 54.8 Å². The predicted octanol–water partition coefficient (Wildman–Crippen LogP) is 4.40. The molecule has 1 aromatic carbocycles. The van der Waals surface area contributed by atoms with E-state index in [2.05, 4.69) is 38.5 Å². The molecule has 4 heterocycles. The number of aromatic amines is 1. The van der Waals surface area contributed by atoms with Crippen molar-refractivity contribution in [1.82, 2.24) is 19.7 Å². The normalized spacial score (nSPS) is 14.8. The molecule has 4 aromatic rings. The largest absolute Gasteiger partial charge is 0.368 e. The number of hydrogen-bond donors (Lipinski definition) is 3. The molecule has 0 bridgehead atoms. The molecule has 172 valence electrons. The zero-order valence-electron chi connectivity index (χ0n) is 19.2. The van der Waals surface area contributed by atoms with E-state index in [1.807, 2.05) is 19.1 Å². The van der Waals surface area contributed by atoms with Gasteiger partial charge in [0, 0.05) is 47.8 Å². The third-order valence-corrected chi connectivity index (χ3v) is 6.43. The number of aryl methyl sites for hydroxylation is 2. The van der Waals surface area contributed by atoms with Crippen molar-refractivity contribution in [2.24, 2.45) is 0 Å². The number of aromatic nitrogens is 3. The van der Waals surface area contributed by atoms with Crippen LogP contribution in [0.5, 0.6) is 0 Å². The number of amides is 1. The molecular weight excluding hydrogens is 419 g/mol. The van der Waals surface area contributed by atoms with Crippen LogP contribution in [0.3, 0.4) is 0 Å². The first-order valence-electron chi connectivity index (χ1n) is 11.5. The maximum Gasteiger partial charge on any atom is 0.257 e. The third kappa shape index (κ3) is 3.95. The molecule has 1 amide bonds. The molecule has 0 atom stereocenters. The summed E-state index contributed by atoms with van der Waals surface area (Å²) < 4.78 is 16.1. The number of nitrogens with one attached hydrogen (secondary N) is 3. The summed E-state index contributed by atoms with van der Waals surface area (Å²) in [5.74, 6) is -0.758. The summed E-state index contributed by atoms with van der Waals surface area (Å²) in [5, 5.41) is 7.32. The van der Waals surface area contributed by atoms with E-state index in [9.17, 15) is 9.18 Å². The Morgan fingerprint density at radius 1 is 1.24 bits per heavy atom. The van der Waals surface area contributed by atoms with Crippen molar-refractivity contribution in [2.45, 2.75) is 39.7 Å². The van der Waals surface area contributed by atoms with Crippen LogP contribution in [0.25, 0.3) is 16.6 Å². The second kappa shape index (κ2) is 8.51. The van der Waals surface area contributed by atoms with Crippen molar-refractivity contribution >= 4 is 33.8 Å². The highest BCUT2D eigenvalue weighted by atomic mass is 19.1. The lowest BCUT2D eigenvalue weighted by Gasteiger charge is -2.36. The number of carbonyl (C=O) groups is 1. The van der Waals surface area contributed by atoms with Crippen molar-refractivity contribution in [2.75, 3.05) is 29.9 Å². The minimum atomic E-state index is -0.474. The van der Waals surface area contributed by atoms with Gasteiger partial charge < -0.3 is 24.9 Å². The van der Waals surface area contributed by atoms with Gasteiger partial charge in [0.05, 0.1) is 22.5 Å². The van der Waals surface area contributed by atoms with Crippen molar-refractivity contribution in [3.05, 3.63) is 59.4 Å². The molecule has 1 fully saturated rings. The Balaban J connectivity index is 1.50. The Morgan fingerprint density at radius 2 is 2.03 bits per heavy atom. The standard InChI is InChI=1S/C25H29FN6O/c1-4-32(18-7-9-27-10-8-18)22-6-5-19(23-20(22)11-15(2)28-23)25(33)30-17-12-21(26)24-29-16(3)13-31(24)14-17/h5-6,11-14,18,27-28H,4,7-10H2,1-3H3,(H,30,33). The third-order valence-electron chi connectivity index (χ3n) is 6.43. The van der Waals surface area contributed by atoms with E-state index in [-0.39, 0.29) is 11.6 Å². The zero-order valence-corrected chi connectivity index (χ0v) is 19.2. The summed E-state index contributed by atoms with van der Waals surface area (Å²) in [5.41, 5.74) is 4.81. The molecule has 5 rings (SSSR count). The fourth-order valence-corrected chi connectivity index (χ4v) is 4.97. The first kappa shape index (κ1) is 21.5. The monoisotopic (exact) mass is 448 g/mol. The van der Waals surface area contributed by atoms with Crippen LogP contribution < -0.4 is 15.5 Å². The number of imidazole rings is 1. The number of nitrogens with zero attached hydrogens (tertiary/aromatic N) is 3. The van der Waals surface area contributed by atoms with Crippen LogP contribution in [0, 0.1) is 19.7 Å². The van der Waals surface area contributed by atoms with Crippen LogP contribution in [0.1, 0.15) is 41.5 Å². The average molecular weight is 449 g/mol. The van der Waals surface area contributed by atoms with Crippen LogP contribution in [-0.4, -0.2) is 46.0 Å². The number of H-pyrrole nitrogens is 1. The van der Waals surface area contributed by atoms with Crippen LogP contribution in [-0.2, 0) is 0 Å². The number of carbonyl (C=O) groups excluding carboxylic acids is 1. The Labute approximate surface area is 192 Å². The van der Waals surface area contributed by atoms with Gasteiger partial charge in [-0.05, 0) is 64.9 Å². The number of halogens is 1. The maximum atomic E-state index is 14.5. The number of rotatable bonds is 5. The molecule has 33 heavy (non-hydrogen) atoms. The molecule has 1 aliphatic rings. The topological polar surface area (TPSA) is 77.5 Å². The molecule has 0 radical (unpaired) electrons. The van der Waals surface area contributed by atoms with Crippen molar-refractivity contribution in [3.8, 4) is 0 Å². The highest BCUT2D eigenvalue weighted by Crippen LogP contribution is 2.33. The van der Waals surface area contributed by atoms with Gasteiger partial charge in [-0.1, -0.05) is 0 Å². The number of benzene rings is 1. The van der Waals surface area contributed by atoms with Crippen LogP contribution in [0.2, 0.25) is 0 Å². The summed E-state index contributed by atoms with van der Waals surface area (Å²) in [6.45, 7) is 8.93. The molecular formula is C25H29FN6O. The first-order valence-corrected chi connectivity index (χ1v) is 11.5. The average Bonchev–Trinajstić information content (AvgIpc) is 3.37. The second-order valence-electron chi connectivity index (χ2n) is 8.78. The minimum absolute atomic E-state index is 0.245. The fourth-order valence-electron chi connectivity index (χ4n) is 4.97. The minimum Gasteiger partial charge on any atom is -0.368 e. The van der Waals surface area contributed by atoms with Crippen molar-refractivity contribution < 1.29 is 9.18 Å². The number of fused-ring (bicyclic) bond motifs is 2. The molecule has 1 saturated heterocycles. The van der Waals surface area contributed by atoms with Gasteiger partial charge in [0.25, 0.3) is 5.91 Å². The fraction of sp³-hybridized carbons (Fsp3) is 0.360. The molecule has 1 aliphatic heterocycles. The predicted molar refractivity (Wildman–Crippen MR) is 130 cm³/mol. The van der Waals surface area contributed by atoms with Gasteiger partial charge in [-0.25, -0.2) is 9.37 Å². The van der Waals surface area contributed by atoms with Crippen LogP contribution >= 0.6 is 0 Å². The smallest absolute Gasteiger partial charge is 0.257 e. The summed E-state index contributed by atoms with van der Waals surface area (Å²) in [4.78, 5) is 23.2. The number of hydrogen-bond acceptors (Lipinski definition) is 4. The van der Waals surface area contributed by atoms with Gasteiger partial charge in [-0.15, -0.1) is 0 Å². The molecule has 0 aliphatic carbocycles. The number of pyridine rings is 1. The Bertz CT molecular complexity index is 1330. The SMILES string of the molecule is CCN(c1ccc(C(=O)Nc2cc(F)c3nc(C)cn3c2)c2[nH]c(C)cc12)C1CCNCC1. The van der Waals surface area contributed by atoms with Crippen molar-refractivity contribution in [3.63, 3.8) is 0 Å². The van der Waals surface area contributed by atoms with Crippen LogP contribution in [0.4, 0.5) is 15.8 Å². The lowest BCUT2D eigenvalue weighted by atomic mass is 10.0. The lowest BCUT2D eigenvalue weighted by molar-refractivity contribution is 0.102. The summed E-state index contributed by atoms with van der Waals surface area (Å²) in [6, 6.07) is 7.79. The summed E-state index contributed by atoms with van der Waals surface area (Å²) >= 11 is 0. The molecule has 8 heteroatoms. The van der Waals surface area contributed by atoms with E-state index in [1.54, 1.807) is 23.7 Å². The van der Waals surface area contributed by atoms with E-state index in [4.69, 9.17) is 0 Å². The first-order chi connectivity index (χ1) is 15.9. The van der Waals surface area contributed by atoms with E-state index < -0.39 is 5.82 Å². The van der Waals surface area contributed by atoms with Gasteiger partial charge >= 0.3 is 0 Å². The summed E-state index contributed by atoms with van der Waals surface area (Å²) in [6.07, 6.45) is 5.61. The van der Waals surface area contributed by atoms with Gasteiger partial charge in [0.2, 0.25) is 0 Å². The molecule has 0 unspecified atom stereocenters. The lowest BCUT2D eigenvalue weighted by Crippen LogP contribution is -2.43. The molecule has 0 saturated carbocycles. The highest BCUT2D eigenvalue weighted by molar-refractivity contribution is 6.14. The maximum absolute atomic E-state index is 14.5. The molecule has 0 spiro atoms. The van der Waals surface area contributed by atoms with E-state index in [1.165, 1.54) is 6.07 Å². The Hall–Kier alpha value is -3.39. The number of anilines is 2. The zero-order chi connectivity index (χ0) is 23.1. The Morgan fingerprint density at radius 3 is 2.79 bits per heavy atom. The van der Waals surface area contributed by atoms with E-state index in [0.29, 0.717) is 23.0 Å². The molecule has 3 aromatic heterocycles. The van der Waals surface area contributed by atoms with Gasteiger partial charge in [0.1, 0.15) is 0 Å². The highest BCUT2D eigenvalue weighted by Gasteiger charge is 2.24. The van der Waals surface area contributed by atoms with Gasteiger partial charge in [-0.3, -0.25) is 4.79 Å². The summed E-state index contributed by atoms with van der Waals surface area (Å²) in [7, 11) is 0. The quantitative estimate of drug-likeness (QED) is 0.423.